The first kappa shape index (κ1) is 13.8. The largest absolute Gasteiger partial charge is 0.351 e. The Hall–Kier alpha value is -1.66. The maximum absolute atomic E-state index is 11.9. The summed E-state index contributed by atoms with van der Waals surface area (Å²) in [6, 6.07) is 4.58. The second-order valence-corrected chi connectivity index (χ2v) is 4.84. The fraction of sp³-hybridized carbons (Fsp3) is 0.417. The van der Waals surface area contributed by atoms with Crippen molar-refractivity contribution in [2.45, 2.75) is 18.9 Å². The number of hydrogen-bond donors (Lipinski definition) is 2. The summed E-state index contributed by atoms with van der Waals surface area (Å²) in [6.07, 6.45) is 2.35. The zero-order chi connectivity index (χ0) is 13.8. The van der Waals surface area contributed by atoms with Crippen LogP contribution >= 0.6 is 11.6 Å². The second kappa shape index (κ2) is 5.99. The summed E-state index contributed by atoms with van der Waals surface area (Å²) < 4.78 is 0. The Bertz CT molecular complexity index is 503. The molecule has 0 aromatic heterocycles. The molecule has 1 aromatic carbocycles. The van der Waals surface area contributed by atoms with Gasteiger partial charge in [0.2, 0.25) is 0 Å². The minimum Gasteiger partial charge on any atom is -0.351 e. The van der Waals surface area contributed by atoms with E-state index in [2.05, 4.69) is 10.6 Å². The molecule has 2 rings (SSSR count). The third kappa shape index (κ3) is 3.90. The van der Waals surface area contributed by atoms with E-state index in [9.17, 15) is 14.9 Å². The summed E-state index contributed by atoms with van der Waals surface area (Å²) in [7, 11) is 0. The molecular weight excluding hydrogens is 270 g/mol. The van der Waals surface area contributed by atoms with E-state index < -0.39 is 10.8 Å². The molecule has 6 nitrogen and oxygen atoms in total. The van der Waals surface area contributed by atoms with Gasteiger partial charge in [-0.15, -0.1) is 0 Å². The van der Waals surface area contributed by atoms with E-state index in [0.717, 1.165) is 0 Å². The van der Waals surface area contributed by atoms with Gasteiger partial charge in [-0.1, -0.05) is 11.6 Å². The van der Waals surface area contributed by atoms with Gasteiger partial charge in [0, 0.05) is 30.2 Å². The van der Waals surface area contributed by atoms with Gasteiger partial charge >= 0.3 is 0 Å². The van der Waals surface area contributed by atoms with Crippen LogP contribution in [0.2, 0.25) is 5.02 Å². The fourth-order valence-corrected chi connectivity index (χ4v) is 1.85. The molecule has 1 aromatic rings. The zero-order valence-electron chi connectivity index (χ0n) is 10.2. The summed E-state index contributed by atoms with van der Waals surface area (Å²) in [4.78, 5) is 22.1. The number of hydrogen-bond acceptors (Lipinski definition) is 4. The van der Waals surface area contributed by atoms with Crippen LogP contribution in [0.25, 0.3) is 0 Å². The van der Waals surface area contributed by atoms with Gasteiger partial charge in [0.05, 0.1) is 4.92 Å². The van der Waals surface area contributed by atoms with E-state index in [4.69, 9.17) is 11.6 Å². The molecule has 1 aliphatic carbocycles. The van der Waals surface area contributed by atoms with E-state index in [0.29, 0.717) is 19.1 Å². The number of amides is 1. The number of nitrogens with one attached hydrogen (secondary N) is 2. The lowest BCUT2D eigenvalue weighted by atomic mass is 10.1. The normalized spacial score (nSPS) is 14.2. The molecule has 0 radical (unpaired) electrons. The van der Waals surface area contributed by atoms with E-state index in [-0.39, 0.29) is 16.3 Å². The van der Waals surface area contributed by atoms with Crippen LogP contribution in [0.4, 0.5) is 5.69 Å². The molecule has 0 bridgehead atoms. The van der Waals surface area contributed by atoms with Crippen molar-refractivity contribution in [2.75, 3.05) is 13.1 Å². The lowest BCUT2D eigenvalue weighted by molar-refractivity contribution is -0.385. The maximum Gasteiger partial charge on any atom is 0.283 e. The van der Waals surface area contributed by atoms with E-state index >= 15 is 0 Å². The van der Waals surface area contributed by atoms with Crippen molar-refractivity contribution in [1.82, 2.24) is 10.6 Å². The molecule has 0 spiro atoms. The molecule has 2 N–H and O–H groups in total. The van der Waals surface area contributed by atoms with Gasteiger partial charge in [-0.05, 0) is 25.0 Å². The van der Waals surface area contributed by atoms with Gasteiger partial charge in [0.15, 0.2) is 0 Å². The third-order valence-corrected chi connectivity index (χ3v) is 3.06. The van der Waals surface area contributed by atoms with Crippen molar-refractivity contribution in [1.29, 1.82) is 0 Å². The minimum atomic E-state index is -0.608. The SMILES string of the molecule is O=C(NCCNC1CC1)c1ccc(Cl)cc1[N+](=O)[O-]. The van der Waals surface area contributed by atoms with Crippen LogP contribution in [0, 0.1) is 10.1 Å². The highest BCUT2D eigenvalue weighted by atomic mass is 35.5. The first-order chi connectivity index (χ1) is 9.08. The molecule has 1 amide bonds. The average molecular weight is 284 g/mol. The topological polar surface area (TPSA) is 84.3 Å². The van der Waals surface area contributed by atoms with Gasteiger partial charge in [-0.25, -0.2) is 0 Å². The molecule has 0 heterocycles. The van der Waals surface area contributed by atoms with Crippen LogP contribution in [0.1, 0.15) is 23.2 Å². The summed E-state index contributed by atoms with van der Waals surface area (Å²) in [5, 5.41) is 17.0. The Morgan fingerprint density at radius 3 is 2.79 bits per heavy atom. The number of carbonyl (C=O) groups is 1. The number of rotatable bonds is 6. The third-order valence-electron chi connectivity index (χ3n) is 2.82. The van der Waals surface area contributed by atoms with Crippen molar-refractivity contribution in [2.24, 2.45) is 0 Å². The molecule has 1 saturated carbocycles. The lowest BCUT2D eigenvalue weighted by Crippen LogP contribution is -2.32. The highest BCUT2D eigenvalue weighted by molar-refractivity contribution is 6.31. The number of nitro benzene ring substituents is 1. The summed E-state index contributed by atoms with van der Waals surface area (Å²) >= 11 is 5.69. The predicted octanol–water partition coefficient (Wildman–Crippen LogP) is 1.73. The molecular formula is C12H14ClN3O3. The molecule has 102 valence electrons. The van der Waals surface area contributed by atoms with Gasteiger partial charge in [-0.2, -0.15) is 0 Å². The van der Waals surface area contributed by atoms with Gasteiger partial charge in [0.1, 0.15) is 5.56 Å². The van der Waals surface area contributed by atoms with Crippen LogP contribution in [-0.4, -0.2) is 30.0 Å². The number of nitrogens with zero attached hydrogens (tertiary/aromatic N) is 1. The Kier molecular flexibility index (Phi) is 4.34. The number of carbonyl (C=O) groups excluding carboxylic acids is 1. The Labute approximate surface area is 115 Å². The van der Waals surface area contributed by atoms with Crippen LogP contribution in [0.5, 0.6) is 0 Å². The molecule has 7 heteroatoms. The highest BCUT2D eigenvalue weighted by Crippen LogP contribution is 2.23. The first-order valence-corrected chi connectivity index (χ1v) is 6.41. The smallest absolute Gasteiger partial charge is 0.283 e. The van der Waals surface area contributed by atoms with Crippen molar-refractivity contribution in [3.8, 4) is 0 Å². The van der Waals surface area contributed by atoms with E-state index in [1.54, 1.807) is 0 Å². The van der Waals surface area contributed by atoms with Gasteiger partial charge in [0.25, 0.3) is 11.6 Å². The number of benzene rings is 1. The summed E-state index contributed by atoms with van der Waals surface area (Å²) in [5.74, 6) is -0.457. The van der Waals surface area contributed by atoms with Crippen LogP contribution in [-0.2, 0) is 0 Å². The Morgan fingerprint density at radius 1 is 1.42 bits per heavy atom. The van der Waals surface area contributed by atoms with Crippen molar-refractivity contribution in [3.05, 3.63) is 38.9 Å². The first-order valence-electron chi connectivity index (χ1n) is 6.03. The Morgan fingerprint density at radius 2 is 2.16 bits per heavy atom. The van der Waals surface area contributed by atoms with Crippen LogP contribution < -0.4 is 10.6 Å². The molecule has 19 heavy (non-hydrogen) atoms. The molecule has 1 fully saturated rings. The standard InChI is InChI=1S/C12H14ClN3O3/c13-8-1-4-10(11(7-8)16(18)19)12(17)15-6-5-14-9-2-3-9/h1,4,7,9,14H,2-3,5-6H2,(H,15,17). The van der Waals surface area contributed by atoms with Crippen molar-refractivity contribution >= 4 is 23.2 Å². The van der Waals surface area contributed by atoms with Crippen molar-refractivity contribution < 1.29 is 9.72 Å². The molecule has 0 saturated heterocycles. The minimum absolute atomic E-state index is 0.0285. The summed E-state index contributed by atoms with van der Waals surface area (Å²) in [6.45, 7) is 1.10. The average Bonchev–Trinajstić information content (AvgIpc) is 3.18. The number of halogens is 1. The quantitative estimate of drug-likeness (QED) is 0.473. The van der Waals surface area contributed by atoms with Gasteiger partial charge < -0.3 is 10.6 Å². The van der Waals surface area contributed by atoms with Crippen molar-refractivity contribution in [3.63, 3.8) is 0 Å². The fourth-order valence-electron chi connectivity index (χ4n) is 1.68. The lowest BCUT2D eigenvalue weighted by Gasteiger charge is -2.06. The molecule has 1 aliphatic rings. The van der Waals surface area contributed by atoms with E-state index in [1.807, 2.05) is 0 Å². The molecule has 0 atom stereocenters. The Balaban J connectivity index is 1.95. The highest BCUT2D eigenvalue weighted by Gasteiger charge is 2.21. The monoisotopic (exact) mass is 283 g/mol. The number of nitro groups is 1. The van der Waals surface area contributed by atoms with Crippen LogP contribution in [0.15, 0.2) is 18.2 Å². The predicted molar refractivity (Wildman–Crippen MR) is 71.5 cm³/mol. The van der Waals surface area contributed by atoms with E-state index in [1.165, 1.54) is 31.0 Å². The molecule has 0 unspecified atom stereocenters. The molecule has 0 aliphatic heterocycles. The van der Waals surface area contributed by atoms with Crippen LogP contribution in [0.3, 0.4) is 0 Å². The zero-order valence-corrected chi connectivity index (χ0v) is 10.9. The summed E-state index contributed by atoms with van der Waals surface area (Å²) in [5.41, 5.74) is -0.249. The second-order valence-electron chi connectivity index (χ2n) is 4.40. The maximum atomic E-state index is 11.9. The van der Waals surface area contributed by atoms with Gasteiger partial charge in [-0.3, -0.25) is 14.9 Å².